The van der Waals surface area contributed by atoms with E-state index in [0.29, 0.717) is 5.41 Å². The fourth-order valence-electron chi connectivity index (χ4n) is 2.13. The van der Waals surface area contributed by atoms with Crippen LogP contribution in [0.15, 0.2) is 5.16 Å². The molecular formula is C10H19N3O. The van der Waals surface area contributed by atoms with Crippen LogP contribution in [0.2, 0.25) is 0 Å². The zero-order valence-electron chi connectivity index (χ0n) is 8.66. The summed E-state index contributed by atoms with van der Waals surface area (Å²) in [5, 5.41) is 14.8. The van der Waals surface area contributed by atoms with Crippen LogP contribution < -0.4 is 11.1 Å². The van der Waals surface area contributed by atoms with E-state index in [4.69, 9.17) is 10.9 Å². The van der Waals surface area contributed by atoms with Crippen LogP contribution in [0.1, 0.15) is 32.6 Å². The molecule has 0 spiro atoms. The van der Waals surface area contributed by atoms with E-state index in [1.807, 2.05) is 6.92 Å². The summed E-state index contributed by atoms with van der Waals surface area (Å²) in [4.78, 5) is 0. The number of hydrogen-bond donors (Lipinski definition) is 3. The third-order valence-electron chi connectivity index (χ3n) is 3.66. The smallest absolute Gasteiger partial charge is 0.156 e. The molecule has 0 aliphatic heterocycles. The third-order valence-corrected chi connectivity index (χ3v) is 3.66. The van der Waals surface area contributed by atoms with Crippen LogP contribution >= 0.6 is 0 Å². The minimum Gasteiger partial charge on any atom is -0.409 e. The highest BCUT2D eigenvalue weighted by Gasteiger charge is 2.53. The number of hydrogen-bond acceptors (Lipinski definition) is 3. The van der Waals surface area contributed by atoms with Crippen LogP contribution in [0.4, 0.5) is 0 Å². The van der Waals surface area contributed by atoms with Crippen LogP contribution in [0.3, 0.4) is 0 Å². The second kappa shape index (κ2) is 3.42. The quantitative estimate of drug-likeness (QED) is 0.265. The number of nitrogens with two attached hydrogens (primary N) is 1. The number of nitrogens with one attached hydrogen (secondary N) is 1. The van der Waals surface area contributed by atoms with Gasteiger partial charge in [-0.25, -0.2) is 0 Å². The minimum atomic E-state index is -0.0174. The molecule has 4 heteroatoms. The minimum absolute atomic E-state index is 0.0174. The fourth-order valence-corrected chi connectivity index (χ4v) is 2.13. The Kier molecular flexibility index (Phi) is 2.39. The van der Waals surface area contributed by atoms with E-state index in [2.05, 4.69) is 10.5 Å². The maximum atomic E-state index is 8.49. The Balaban J connectivity index is 1.76. The third kappa shape index (κ3) is 1.85. The number of amidine groups is 1. The van der Waals surface area contributed by atoms with E-state index >= 15 is 0 Å². The van der Waals surface area contributed by atoms with Gasteiger partial charge in [-0.3, -0.25) is 0 Å². The molecule has 0 bridgehead atoms. The normalized spacial score (nSPS) is 27.4. The molecule has 2 saturated carbocycles. The highest BCUT2D eigenvalue weighted by atomic mass is 16.4. The Morgan fingerprint density at radius 1 is 1.64 bits per heavy atom. The zero-order valence-corrected chi connectivity index (χ0v) is 8.66. The molecule has 2 rings (SSSR count). The van der Waals surface area contributed by atoms with Crippen molar-refractivity contribution < 1.29 is 5.21 Å². The molecule has 4 N–H and O–H groups in total. The monoisotopic (exact) mass is 197 g/mol. The van der Waals surface area contributed by atoms with Crippen molar-refractivity contribution in [2.24, 2.45) is 22.2 Å². The molecule has 0 aromatic rings. The highest BCUT2D eigenvalue weighted by Crippen LogP contribution is 2.60. The molecule has 4 nitrogen and oxygen atoms in total. The summed E-state index contributed by atoms with van der Waals surface area (Å²) in [7, 11) is 0. The lowest BCUT2D eigenvalue weighted by molar-refractivity contribution is 0.313. The summed E-state index contributed by atoms with van der Waals surface area (Å²) in [5.41, 5.74) is 6.07. The Morgan fingerprint density at radius 2 is 2.29 bits per heavy atom. The molecule has 80 valence electrons. The lowest BCUT2D eigenvalue weighted by Gasteiger charge is -2.18. The van der Waals surface area contributed by atoms with E-state index in [9.17, 15) is 0 Å². The SMILES string of the molecule is CC(NCC1(C2CC2)CC1)C(N)=NO. The van der Waals surface area contributed by atoms with Gasteiger partial charge in [-0.15, -0.1) is 0 Å². The second-order valence-electron chi connectivity index (χ2n) is 4.76. The highest BCUT2D eigenvalue weighted by molar-refractivity contribution is 5.84. The van der Waals surface area contributed by atoms with E-state index in [0.717, 1.165) is 12.5 Å². The van der Waals surface area contributed by atoms with E-state index in [1.54, 1.807) is 0 Å². The van der Waals surface area contributed by atoms with Gasteiger partial charge in [-0.05, 0) is 43.9 Å². The van der Waals surface area contributed by atoms with Crippen molar-refractivity contribution >= 4 is 5.84 Å². The Bertz CT molecular complexity index is 244. The van der Waals surface area contributed by atoms with Crippen molar-refractivity contribution in [3.63, 3.8) is 0 Å². The molecule has 0 aromatic heterocycles. The van der Waals surface area contributed by atoms with Gasteiger partial charge in [-0.2, -0.15) is 0 Å². The number of rotatable bonds is 5. The van der Waals surface area contributed by atoms with Crippen molar-refractivity contribution in [3.05, 3.63) is 0 Å². The average molecular weight is 197 g/mol. The first kappa shape index (κ1) is 9.77. The lowest BCUT2D eigenvalue weighted by atomic mass is 10.0. The molecule has 2 fully saturated rings. The van der Waals surface area contributed by atoms with Crippen molar-refractivity contribution in [1.29, 1.82) is 0 Å². The molecule has 2 aliphatic carbocycles. The standard InChI is InChI=1S/C10H19N3O/c1-7(9(11)13-14)12-6-10(4-5-10)8-2-3-8/h7-8,12,14H,2-6H2,1H3,(H2,11,13). The first-order valence-corrected chi connectivity index (χ1v) is 5.39. The van der Waals surface area contributed by atoms with Crippen LogP contribution in [0, 0.1) is 11.3 Å². The maximum absolute atomic E-state index is 8.49. The van der Waals surface area contributed by atoms with Gasteiger partial charge in [0.05, 0.1) is 6.04 Å². The van der Waals surface area contributed by atoms with Crippen molar-refractivity contribution in [2.45, 2.75) is 38.6 Å². The van der Waals surface area contributed by atoms with Crippen LogP contribution in [-0.2, 0) is 0 Å². The van der Waals surface area contributed by atoms with Gasteiger partial charge in [0.1, 0.15) is 0 Å². The summed E-state index contributed by atoms with van der Waals surface area (Å²) >= 11 is 0. The Hall–Kier alpha value is -0.770. The van der Waals surface area contributed by atoms with Gasteiger partial charge in [0.15, 0.2) is 5.84 Å². The van der Waals surface area contributed by atoms with Gasteiger partial charge in [0.2, 0.25) is 0 Å². The predicted octanol–water partition coefficient (Wildman–Crippen LogP) is 0.901. The first-order valence-electron chi connectivity index (χ1n) is 5.39. The summed E-state index contributed by atoms with van der Waals surface area (Å²) < 4.78 is 0. The zero-order chi connectivity index (χ0) is 10.2. The van der Waals surface area contributed by atoms with Crippen LogP contribution in [0.25, 0.3) is 0 Å². The summed E-state index contributed by atoms with van der Waals surface area (Å²) in [5.74, 6) is 1.23. The van der Waals surface area contributed by atoms with Crippen molar-refractivity contribution in [2.75, 3.05) is 6.54 Å². The number of nitrogens with zero attached hydrogens (tertiary/aromatic N) is 1. The topological polar surface area (TPSA) is 70.6 Å². The predicted molar refractivity (Wildman–Crippen MR) is 55.3 cm³/mol. The molecule has 0 amide bonds. The second-order valence-corrected chi connectivity index (χ2v) is 4.76. The van der Waals surface area contributed by atoms with Gasteiger partial charge >= 0.3 is 0 Å². The van der Waals surface area contributed by atoms with E-state index in [-0.39, 0.29) is 11.9 Å². The van der Waals surface area contributed by atoms with Crippen LogP contribution in [-0.4, -0.2) is 23.6 Å². The summed E-state index contributed by atoms with van der Waals surface area (Å²) in [6.45, 7) is 2.95. The van der Waals surface area contributed by atoms with Gasteiger partial charge < -0.3 is 16.3 Å². The molecule has 1 unspecified atom stereocenters. The Labute approximate surface area is 84.5 Å². The molecule has 0 heterocycles. The average Bonchev–Trinajstić information content (AvgIpc) is 3.03. The van der Waals surface area contributed by atoms with E-state index < -0.39 is 0 Å². The molecule has 0 aromatic carbocycles. The summed E-state index contributed by atoms with van der Waals surface area (Å²) in [6.07, 6.45) is 5.51. The van der Waals surface area contributed by atoms with Crippen LogP contribution in [0.5, 0.6) is 0 Å². The molecule has 1 atom stereocenters. The molecular weight excluding hydrogens is 178 g/mol. The molecule has 0 saturated heterocycles. The Morgan fingerprint density at radius 3 is 2.71 bits per heavy atom. The largest absolute Gasteiger partial charge is 0.409 e. The maximum Gasteiger partial charge on any atom is 0.156 e. The number of oxime groups is 1. The fraction of sp³-hybridized carbons (Fsp3) is 0.900. The van der Waals surface area contributed by atoms with E-state index in [1.165, 1.54) is 25.7 Å². The summed E-state index contributed by atoms with van der Waals surface area (Å²) in [6, 6.07) is -0.0174. The van der Waals surface area contributed by atoms with Crippen molar-refractivity contribution in [1.82, 2.24) is 5.32 Å². The lowest BCUT2D eigenvalue weighted by Crippen LogP contribution is -2.42. The first-order chi connectivity index (χ1) is 6.68. The molecule has 14 heavy (non-hydrogen) atoms. The molecule has 0 radical (unpaired) electrons. The molecule has 2 aliphatic rings. The van der Waals surface area contributed by atoms with Gasteiger partial charge in [0, 0.05) is 6.54 Å². The van der Waals surface area contributed by atoms with Crippen molar-refractivity contribution in [3.8, 4) is 0 Å². The van der Waals surface area contributed by atoms with Gasteiger partial charge in [0.25, 0.3) is 0 Å². The van der Waals surface area contributed by atoms with Gasteiger partial charge in [-0.1, -0.05) is 5.16 Å².